The van der Waals surface area contributed by atoms with Crippen LogP contribution in [0, 0.1) is 5.92 Å². The molecular formula is C27H32N2O6. The Labute approximate surface area is 205 Å². The van der Waals surface area contributed by atoms with Crippen LogP contribution >= 0.6 is 0 Å². The van der Waals surface area contributed by atoms with Crippen molar-refractivity contribution >= 4 is 18.2 Å². The molecule has 0 bridgehead atoms. The van der Waals surface area contributed by atoms with Gasteiger partial charge in [0.2, 0.25) is 0 Å². The lowest BCUT2D eigenvalue weighted by molar-refractivity contribution is -0.148. The SMILES string of the molecule is COC(=O)[C@@H]1CN(C(=O)OC(C)(C)C)CC[C@H]1NC(=O)OCC1c2ccccc2-c2ccccc21. The minimum Gasteiger partial charge on any atom is -0.469 e. The molecule has 1 heterocycles. The van der Waals surface area contributed by atoms with Crippen molar-refractivity contribution in [2.75, 3.05) is 26.8 Å². The standard InChI is InChI=1S/C27H32N2O6/c1-27(2,3)35-26(32)29-14-13-23(21(15-29)24(30)33-4)28-25(31)34-16-22-19-11-7-5-9-17(19)18-10-6-8-12-20(18)22/h5-12,21-23H,13-16H2,1-4H3,(H,28,31)/t21-,23-/m1/s1. The van der Waals surface area contributed by atoms with Gasteiger partial charge in [-0.05, 0) is 49.4 Å². The van der Waals surface area contributed by atoms with Gasteiger partial charge in [-0.25, -0.2) is 9.59 Å². The number of nitrogens with zero attached hydrogens (tertiary/aromatic N) is 1. The van der Waals surface area contributed by atoms with Crippen molar-refractivity contribution in [3.8, 4) is 11.1 Å². The maximum atomic E-state index is 12.8. The Morgan fingerprint density at radius 1 is 1.00 bits per heavy atom. The van der Waals surface area contributed by atoms with Gasteiger partial charge in [0.1, 0.15) is 12.2 Å². The predicted octanol–water partition coefficient (Wildman–Crippen LogP) is 4.32. The molecule has 8 nitrogen and oxygen atoms in total. The van der Waals surface area contributed by atoms with Crippen LogP contribution in [-0.4, -0.2) is 61.5 Å². The third-order valence-corrected chi connectivity index (χ3v) is 6.42. The summed E-state index contributed by atoms with van der Waals surface area (Å²) in [4.78, 5) is 39.2. The fourth-order valence-corrected chi connectivity index (χ4v) is 4.80. The molecule has 35 heavy (non-hydrogen) atoms. The second-order valence-corrected chi connectivity index (χ2v) is 9.92. The minimum absolute atomic E-state index is 0.0569. The number of piperidine rings is 1. The van der Waals surface area contributed by atoms with Gasteiger partial charge in [-0.15, -0.1) is 0 Å². The second kappa shape index (κ2) is 9.98. The summed E-state index contributed by atoms with van der Waals surface area (Å²) in [5.74, 6) is -1.28. The van der Waals surface area contributed by atoms with Crippen LogP contribution < -0.4 is 5.32 Å². The lowest BCUT2D eigenvalue weighted by atomic mass is 9.92. The first-order valence-electron chi connectivity index (χ1n) is 11.8. The Balaban J connectivity index is 1.39. The largest absolute Gasteiger partial charge is 0.469 e. The molecule has 2 aromatic carbocycles. The average Bonchev–Trinajstić information content (AvgIpc) is 3.15. The highest BCUT2D eigenvalue weighted by atomic mass is 16.6. The first-order valence-corrected chi connectivity index (χ1v) is 11.8. The van der Waals surface area contributed by atoms with Crippen molar-refractivity contribution < 1.29 is 28.6 Å². The van der Waals surface area contributed by atoms with Crippen LogP contribution in [0.1, 0.15) is 44.2 Å². The van der Waals surface area contributed by atoms with Crippen LogP contribution in [0.25, 0.3) is 11.1 Å². The number of nitrogens with one attached hydrogen (secondary N) is 1. The Bertz CT molecular complexity index is 1060. The van der Waals surface area contributed by atoms with Crippen LogP contribution in [0.15, 0.2) is 48.5 Å². The number of ether oxygens (including phenoxy) is 3. The molecule has 0 aromatic heterocycles. The monoisotopic (exact) mass is 480 g/mol. The number of alkyl carbamates (subject to hydrolysis) is 1. The lowest BCUT2D eigenvalue weighted by Crippen LogP contribution is -2.55. The minimum atomic E-state index is -0.721. The van der Waals surface area contributed by atoms with Gasteiger partial charge in [-0.2, -0.15) is 0 Å². The van der Waals surface area contributed by atoms with E-state index in [1.54, 1.807) is 20.8 Å². The molecule has 0 unspecified atom stereocenters. The number of rotatable bonds is 4. The number of carbonyl (C=O) groups is 3. The van der Waals surface area contributed by atoms with E-state index in [0.29, 0.717) is 13.0 Å². The number of esters is 1. The Morgan fingerprint density at radius 2 is 1.60 bits per heavy atom. The molecule has 1 aliphatic carbocycles. The van der Waals surface area contributed by atoms with E-state index in [2.05, 4.69) is 29.6 Å². The normalized spacial score (nSPS) is 19.4. The Hall–Kier alpha value is -3.55. The molecule has 0 saturated carbocycles. The van der Waals surface area contributed by atoms with Crippen LogP contribution in [-0.2, 0) is 19.0 Å². The first-order chi connectivity index (χ1) is 16.7. The molecule has 2 aromatic rings. The number of likely N-dealkylation sites (tertiary alicyclic amines) is 1. The van der Waals surface area contributed by atoms with Crippen molar-refractivity contribution in [3.63, 3.8) is 0 Å². The van der Waals surface area contributed by atoms with Gasteiger partial charge in [-0.3, -0.25) is 4.79 Å². The molecule has 0 spiro atoms. The molecule has 2 aliphatic rings. The van der Waals surface area contributed by atoms with Crippen LogP contribution in [0.3, 0.4) is 0 Å². The zero-order valence-electron chi connectivity index (χ0n) is 20.6. The smallest absolute Gasteiger partial charge is 0.410 e. The average molecular weight is 481 g/mol. The highest BCUT2D eigenvalue weighted by Gasteiger charge is 2.39. The number of hydrogen-bond donors (Lipinski definition) is 1. The van der Waals surface area contributed by atoms with E-state index < -0.39 is 35.7 Å². The van der Waals surface area contributed by atoms with Crippen molar-refractivity contribution in [2.24, 2.45) is 5.92 Å². The Morgan fingerprint density at radius 3 is 2.17 bits per heavy atom. The highest BCUT2D eigenvalue weighted by Crippen LogP contribution is 2.44. The van der Waals surface area contributed by atoms with E-state index in [1.165, 1.54) is 12.0 Å². The highest BCUT2D eigenvalue weighted by molar-refractivity contribution is 5.79. The number of carbonyl (C=O) groups excluding carboxylic acids is 3. The van der Waals surface area contributed by atoms with Crippen LogP contribution in [0.5, 0.6) is 0 Å². The molecule has 1 fully saturated rings. The van der Waals surface area contributed by atoms with E-state index in [-0.39, 0.29) is 19.1 Å². The van der Waals surface area contributed by atoms with Gasteiger partial charge in [0.05, 0.1) is 13.0 Å². The Kier molecular flexibility index (Phi) is 7.00. The number of benzene rings is 2. The van der Waals surface area contributed by atoms with Crippen LogP contribution in [0.2, 0.25) is 0 Å². The molecule has 8 heteroatoms. The summed E-state index contributed by atoms with van der Waals surface area (Å²) in [6, 6.07) is 15.7. The van der Waals surface area contributed by atoms with Crippen molar-refractivity contribution in [3.05, 3.63) is 59.7 Å². The summed E-state index contributed by atoms with van der Waals surface area (Å²) in [6.45, 7) is 5.97. The number of amides is 2. The van der Waals surface area contributed by atoms with Crippen LogP contribution in [0.4, 0.5) is 9.59 Å². The molecule has 1 aliphatic heterocycles. The fraction of sp³-hybridized carbons (Fsp3) is 0.444. The van der Waals surface area contributed by atoms with Gasteiger partial charge < -0.3 is 24.4 Å². The van der Waals surface area contributed by atoms with E-state index >= 15 is 0 Å². The maximum absolute atomic E-state index is 12.8. The zero-order valence-corrected chi connectivity index (χ0v) is 20.6. The molecular weight excluding hydrogens is 448 g/mol. The summed E-state index contributed by atoms with van der Waals surface area (Å²) in [6.07, 6.45) is -0.717. The van der Waals surface area contributed by atoms with E-state index in [9.17, 15) is 14.4 Å². The summed E-state index contributed by atoms with van der Waals surface area (Å²) in [5.41, 5.74) is 3.91. The molecule has 2 atom stereocenters. The molecule has 1 saturated heterocycles. The second-order valence-electron chi connectivity index (χ2n) is 9.92. The van der Waals surface area contributed by atoms with Gasteiger partial charge in [0.15, 0.2) is 0 Å². The zero-order chi connectivity index (χ0) is 25.2. The van der Waals surface area contributed by atoms with Gasteiger partial charge in [-0.1, -0.05) is 48.5 Å². The van der Waals surface area contributed by atoms with Crippen molar-refractivity contribution in [1.82, 2.24) is 10.2 Å². The summed E-state index contributed by atoms with van der Waals surface area (Å²) >= 11 is 0. The van der Waals surface area contributed by atoms with E-state index in [4.69, 9.17) is 14.2 Å². The number of methoxy groups -OCH3 is 1. The number of hydrogen-bond acceptors (Lipinski definition) is 6. The van der Waals surface area contributed by atoms with Gasteiger partial charge in [0.25, 0.3) is 0 Å². The fourth-order valence-electron chi connectivity index (χ4n) is 4.80. The summed E-state index contributed by atoms with van der Waals surface area (Å²) in [7, 11) is 1.29. The topological polar surface area (TPSA) is 94.2 Å². The summed E-state index contributed by atoms with van der Waals surface area (Å²) in [5, 5.41) is 2.82. The molecule has 0 radical (unpaired) electrons. The van der Waals surface area contributed by atoms with E-state index in [1.807, 2.05) is 24.3 Å². The predicted molar refractivity (Wildman–Crippen MR) is 130 cm³/mol. The van der Waals surface area contributed by atoms with E-state index in [0.717, 1.165) is 22.3 Å². The molecule has 186 valence electrons. The van der Waals surface area contributed by atoms with Crippen molar-refractivity contribution in [2.45, 2.75) is 44.8 Å². The first kappa shape index (κ1) is 24.6. The lowest BCUT2D eigenvalue weighted by Gasteiger charge is -2.37. The maximum Gasteiger partial charge on any atom is 0.410 e. The quantitative estimate of drug-likeness (QED) is 0.517. The molecule has 4 rings (SSSR count). The molecule has 2 amide bonds. The van der Waals surface area contributed by atoms with Gasteiger partial charge in [0, 0.05) is 25.0 Å². The van der Waals surface area contributed by atoms with Gasteiger partial charge >= 0.3 is 18.2 Å². The third kappa shape index (κ3) is 5.42. The third-order valence-electron chi connectivity index (χ3n) is 6.42. The molecule has 1 N–H and O–H groups in total. The number of fused-ring (bicyclic) bond motifs is 3. The summed E-state index contributed by atoms with van der Waals surface area (Å²) < 4.78 is 16.0. The van der Waals surface area contributed by atoms with Crippen molar-refractivity contribution in [1.29, 1.82) is 0 Å².